The summed E-state index contributed by atoms with van der Waals surface area (Å²) in [6.07, 6.45) is 1.15. The van der Waals surface area contributed by atoms with Crippen LogP contribution in [0.3, 0.4) is 0 Å². The number of likely N-dealkylation sites (tertiary alicyclic amines) is 1. The molecule has 2 heterocycles. The fourth-order valence-corrected chi connectivity index (χ4v) is 2.07. The maximum Gasteiger partial charge on any atom is 0.242 e. The van der Waals surface area contributed by atoms with Crippen LogP contribution in [0.4, 0.5) is 0 Å². The Hall–Kier alpha value is -0.650. The van der Waals surface area contributed by atoms with Gasteiger partial charge in [-0.2, -0.15) is 0 Å². The van der Waals surface area contributed by atoms with Gasteiger partial charge in [-0.3, -0.25) is 4.79 Å². The van der Waals surface area contributed by atoms with Crippen molar-refractivity contribution < 1.29 is 14.3 Å². The van der Waals surface area contributed by atoms with Gasteiger partial charge in [0.15, 0.2) is 0 Å². The summed E-state index contributed by atoms with van der Waals surface area (Å²) in [6, 6.07) is -0.158. The summed E-state index contributed by atoms with van der Waals surface area (Å²) in [7, 11) is 1.70. The molecule has 0 aliphatic carbocycles. The molecule has 0 spiro atoms. The molecule has 1 N–H and O–H groups in total. The van der Waals surface area contributed by atoms with Gasteiger partial charge in [-0.05, 0) is 6.42 Å². The molecule has 2 saturated heterocycles. The van der Waals surface area contributed by atoms with Crippen LogP contribution in [0.5, 0.6) is 0 Å². The van der Waals surface area contributed by atoms with Crippen molar-refractivity contribution in [1.82, 2.24) is 10.2 Å². The van der Waals surface area contributed by atoms with Crippen molar-refractivity contribution in [2.75, 3.05) is 40.0 Å². The highest BCUT2D eigenvalue weighted by atomic mass is 16.5. The Morgan fingerprint density at radius 1 is 1.60 bits per heavy atom. The number of carbonyl (C=O) groups is 1. The van der Waals surface area contributed by atoms with Gasteiger partial charge < -0.3 is 19.7 Å². The second-order valence-corrected chi connectivity index (χ2v) is 4.01. The van der Waals surface area contributed by atoms with Crippen LogP contribution < -0.4 is 5.32 Å². The first-order chi connectivity index (χ1) is 7.31. The minimum absolute atomic E-state index is 0.147. The molecular formula is C10H18N2O3. The number of morpholine rings is 1. The summed E-state index contributed by atoms with van der Waals surface area (Å²) >= 11 is 0. The largest absolute Gasteiger partial charge is 0.380 e. The fourth-order valence-electron chi connectivity index (χ4n) is 2.07. The van der Waals surface area contributed by atoms with E-state index in [0.29, 0.717) is 19.8 Å². The van der Waals surface area contributed by atoms with Crippen LogP contribution >= 0.6 is 0 Å². The van der Waals surface area contributed by atoms with Gasteiger partial charge in [0.05, 0.1) is 19.3 Å². The van der Waals surface area contributed by atoms with Crippen molar-refractivity contribution >= 4 is 5.91 Å². The monoisotopic (exact) mass is 214 g/mol. The van der Waals surface area contributed by atoms with E-state index >= 15 is 0 Å². The molecule has 2 atom stereocenters. The Morgan fingerprint density at radius 2 is 2.47 bits per heavy atom. The molecule has 1 amide bonds. The SMILES string of the molecule is CO[C@H]1CCN(C(=O)C2COCCN2)C1. The average molecular weight is 214 g/mol. The van der Waals surface area contributed by atoms with E-state index in [1.165, 1.54) is 0 Å². The number of hydrogen-bond donors (Lipinski definition) is 1. The number of nitrogens with zero attached hydrogens (tertiary/aromatic N) is 1. The smallest absolute Gasteiger partial charge is 0.242 e. The van der Waals surface area contributed by atoms with Gasteiger partial charge in [-0.15, -0.1) is 0 Å². The van der Waals surface area contributed by atoms with Crippen LogP contribution in [0.1, 0.15) is 6.42 Å². The average Bonchev–Trinajstić information content (AvgIpc) is 2.78. The lowest BCUT2D eigenvalue weighted by atomic mass is 10.2. The lowest BCUT2D eigenvalue weighted by molar-refractivity contribution is -0.135. The van der Waals surface area contributed by atoms with E-state index in [9.17, 15) is 4.79 Å². The number of methoxy groups -OCH3 is 1. The molecule has 0 aromatic heterocycles. The van der Waals surface area contributed by atoms with E-state index in [-0.39, 0.29) is 18.1 Å². The molecule has 2 aliphatic heterocycles. The van der Waals surface area contributed by atoms with Crippen molar-refractivity contribution in [3.63, 3.8) is 0 Å². The first-order valence-electron chi connectivity index (χ1n) is 5.44. The Labute approximate surface area is 89.7 Å². The number of hydrogen-bond acceptors (Lipinski definition) is 4. The molecule has 0 aromatic rings. The third-order valence-corrected chi connectivity index (χ3v) is 3.01. The first kappa shape index (κ1) is 10.9. The van der Waals surface area contributed by atoms with Crippen molar-refractivity contribution in [3.8, 4) is 0 Å². The summed E-state index contributed by atoms with van der Waals surface area (Å²) in [5.41, 5.74) is 0. The highest BCUT2D eigenvalue weighted by molar-refractivity contribution is 5.82. The molecule has 15 heavy (non-hydrogen) atoms. The maximum absolute atomic E-state index is 12.0. The first-order valence-corrected chi connectivity index (χ1v) is 5.44. The Morgan fingerprint density at radius 3 is 3.07 bits per heavy atom. The second-order valence-electron chi connectivity index (χ2n) is 4.01. The van der Waals surface area contributed by atoms with Crippen molar-refractivity contribution in [1.29, 1.82) is 0 Å². The third kappa shape index (κ3) is 2.48. The molecular weight excluding hydrogens is 196 g/mol. The summed E-state index contributed by atoms with van der Waals surface area (Å²) < 4.78 is 10.5. The zero-order valence-corrected chi connectivity index (χ0v) is 9.07. The Bertz CT molecular complexity index is 229. The van der Waals surface area contributed by atoms with E-state index in [1.807, 2.05) is 4.90 Å². The Balaban J connectivity index is 1.85. The van der Waals surface area contributed by atoms with Crippen LogP contribution in [-0.4, -0.2) is 62.9 Å². The van der Waals surface area contributed by atoms with Crippen LogP contribution in [-0.2, 0) is 14.3 Å². The van der Waals surface area contributed by atoms with Gasteiger partial charge in [0, 0.05) is 26.7 Å². The zero-order chi connectivity index (χ0) is 10.7. The molecule has 0 aromatic carbocycles. The number of nitrogens with one attached hydrogen (secondary N) is 1. The highest BCUT2D eigenvalue weighted by Gasteiger charge is 2.31. The zero-order valence-electron chi connectivity index (χ0n) is 9.07. The van der Waals surface area contributed by atoms with Crippen LogP contribution in [0.15, 0.2) is 0 Å². The normalized spacial score (nSPS) is 31.9. The van der Waals surface area contributed by atoms with E-state index in [2.05, 4.69) is 5.32 Å². The number of amides is 1. The molecule has 2 aliphatic rings. The van der Waals surface area contributed by atoms with E-state index in [1.54, 1.807) is 7.11 Å². The summed E-state index contributed by atoms with van der Waals surface area (Å²) in [6.45, 7) is 3.47. The minimum Gasteiger partial charge on any atom is -0.380 e. The quantitative estimate of drug-likeness (QED) is 0.655. The number of rotatable bonds is 2. The molecule has 5 nitrogen and oxygen atoms in total. The predicted molar refractivity (Wildman–Crippen MR) is 54.6 cm³/mol. The standard InChI is InChI=1S/C10H18N2O3/c1-14-8-2-4-12(6-8)10(13)9-7-15-5-3-11-9/h8-9,11H,2-7H2,1H3/t8-,9?/m0/s1. The van der Waals surface area contributed by atoms with Gasteiger partial charge in [0.1, 0.15) is 6.04 Å². The number of ether oxygens (including phenoxy) is 2. The minimum atomic E-state index is -0.158. The highest BCUT2D eigenvalue weighted by Crippen LogP contribution is 2.13. The van der Waals surface area contributed by atoms with Crippen LogP contribution in [0, 0.1) is 0 Å². The fraction of sp³-hybridized carbons (Fsp3) is 0.900. The van der Waals surface area contributed by atoms with Crippen LogP contribution in [0.2, 0.25) is 0 Å². The predicted octanol–water partition coefficient (Wildman–Crippen LogP) is -0.778. The molecule has 86 valence electrons. The van der Waals surface area contributed by atoms with Gasteiger partial charge in [0.2, 0.25) is 5.91 Å². The van der Waals surface area contributed by atoms with Gasteiger partial charge >= 0.3 is 0 Å². The van der Waals surface area contributed by atoms with Gasteiger partial charge in [0.25, 0.3) is 0 Å². The van der Waals surface area contributed by atoms with Crippen molar-refractivity contribution in [3.05, 3.63) is 0 Å². The molecule has 1 unspecified atom stereocenters. The Kier molecular flexibility index (Phi) is 3.56. The lowest BCUT2D eigenvalue weighted by Crippen LogP contribution is -2.52. The molecule has 2 rings (SSSR count). The maximum atomic E-state index is 12.0. The van der Waals surface area contributed by atoms with Gasteiger partial charge in [-0.1, -0.05) is 0 Å². The van der Waals surface area contributed by atoms with Crippen molar-refractivity contribution in [2.24, 2.45) is 0 Å². The topological polar surface area (TPSA) is 50.8 Å². The molecule has 5 heteroatoms. The molecule has 2 fully saturated rings. The van der Waals surface area contributed by atoms with E-state index in [4.69, 9.17) is 9.47 Å². The molecule has 0 radical (unpaired) electrons. The lowest BCUT2D eigenvalue weighted by Gasteiger charge is -2.27. The van der Waals surface area contributed by atoms with Crippen molar-refractivity contribution in [2.45, 2.75) is 18.6 Å². The summed E-state index contributed by atoms with van der Waals surface area (Å²) in [5, 5.41) is 3.17. The second kappa shape index (κ2) is 4.92. The summed E-state index contributed by atoms with van der Waals surface area (Å²) in [5.74, 6) is 0.147. The van der Waals surface area contributed by atoms with E-state index in [0.717, 1.165) is 19.5 Å². The van der Waals surface area contributed by atoms with Gasteiger partial charge in [-0.25, -0.2) is 0 Å². The van der Waals surface area contributed by atoms with Crippen LogP contribution in [0.25, 0.3) is 0 Å². The summed E-state index contributed by atoms with van der Waals surface area (Å²) in [4.78, 5) is 13.9. The third-order valence-electron chi connectivity index (χ3n) is 3.01. The molecule has 0 saturated carbocycles. The number of carbonyl (C=O) groups excluding carboxylic acids is 1. The molecule has 0 bridgehead atoms. The van der Waals surface area contributed by atoms with E-state index < -0.39 is 0 Å².